The van der Waals surface area contributed by atoms with E-state index in [4.69, 9.17) is 0 Å². The van der Waals surface area contributed by atoms with Crippen molar-refractivity contribution < 1.29 is 4.79 Å². The van der Waals surface area contributed by atoms with Crippen molar-refractivity contribution in [2.24, 2.45) is 5.92 Å². The largest absolute Gasteiger partial charge is 0.273 e. The molecule has 0 bridgehead atoms. The molecule has 73 valence electrons. The van der Waals surface area contributed by atoms with E-state index in [2.05, 4.69) is 5.32 Å². The van der Waals surface area contributed by atoms with E-state index in [1.54, 1.807) is 0 Å². The quantitative estimate of drug-likeness (QED) is 0.641. The summed E-state index contributed by atoms with van der Waals surface area (Å²) < 4.78 is 0. The molecule has 0 unspecified atom stereocenters. The maximum atomic E-state index is 11.6. The third-order valence-corrected chi connectivity index (χ3v) is 3.34. The van der Waals surface area contributed by atoms with Crippen LogP contribution >= 0.6 is 0 Å². The van der Waals surface area contributed by atoms with E-state index < -0.39 is 0 Å². The summed E-state index contributed by atoms with van der Waals surface area (Å²) >= 11 is 0. The minimum Gasteiger partial charge on any atom is -0.273 e. The fraction of sp³-hybridized carbons (Fsp3) is 0.909. The number of nitrogens with zero attached hydrogens (tertiary/aromatic N) is 1. The average Bonchev–Trinajstić information content (AvgIpc) is 2.12. The summed E-state index contributed by atoms with van der Waals surface area (Å²) in [6, 6.07) is 0.398. The monoisotopic (exact) mass is 180 g/mol. The lowest BCUT2D eigenvalue weighted by atomic mass is 9.87. The Morgan fingerprint density at radius 3 is 2.15 bits per heavy atom. The van der Waals surface area contributed by atoms with Crippen molar-refractivity contribution >= 4 is 5.91 Å². The molecule has 2 aliphatic carbocycles. The zero-order valence-electron chi connectivity index (χ0n) is 8.17. The molecular formula is C11H18NO. The van der Waals surface area contributed by atoms with Crippen LogP contribution in [0.15, 0.2) is 0 Å². The number of hydrogen-bond acceptors (Lipinski definition) is 1. The molecule has 0 heterocycles. The standard InChI is InChI=1S/C11H18NO/c13-11(12-10-7-4-8-10)9-5-2-1-3-6-9/h9-10H,1-8H2. The highest BCUT2D eigenvalue weighted by Gasteiger charge is 2.27. The first-order valence-electron chi connectivity index (χ1n) is 5.61. The topological polar surface area (TPSA) is 31.2 Å². The van der Waals surface area contributed by atoms with E-state index in [0.717, 1.165) is 25.7 Å². The Morgan fingerprint density at radius 1 is 0.923 bits per heavy atom. The van der Waals surface area contributed by atoms with Crippen LogP contribution in [0.5, 0.6) is 0 Å². The van der Waals surface area contributed by atoms with Gasteiger partial charge in [0.2, 0.25) is 5.91 Å². The molecule has 1 amide bonds. The van der Waals surface area contributed by atoms with Gasteiger partial charge in [-0.2, -0.15) is 0 Å². The van der Waals surface area contributed by atoms with Gasteiger partial charge < -0.3 is 0 Å². The molecule has 0 saturated heterocycles. The van der Waals surface area contributed by atoms with Crippen LogP contribution in [0.1, 0.15) is 51.4 Å². The molecule has 0 N–H and O–H groups in total. The minimum absolute atomic E-state index is 0.212. The molecule has 2 nitrogen and oxygen atoms in total. The molecule has 2 fully saturated rings. The lowest BCUT2D eigenvalue weighted by molar-refractivity contribution is -0.127. The summed E-state index contributed by atoms with van der Waals surface area (Å²) in [6.45, 7) is 0. The van der Waals surface area contributed by atoms with Crippen LogP contribution in [0.2, 0.25) is 0 Å². The van der Waals surface area contributed by atoms with Gasteiger partial charge in [-0.3, -0.25) is 4.79 Å². The fourth-order valence-electron chi connectivity index (χ4n) is 2.15. The van der Waals surface area contributed by atoms with Gasteiger partial charge in [0.1, 0.15) is 0 Å². The number of rotatable bonds is 2. The Morgan fingerprint density at radius 2 is 1.62 bits per heavy atom. The molecule has 0 aliphatic heterocycles. The van der Waals surface area contributed by atoms with Gasteiger partial charge in [0.15, 0.2) is 0 Å². The highest BCUT2D eigenvalue weighted by molar-refractivity contribution is 5.78. The maximum Gasteiger partial charge on any atom is 0.244 e. The summed E-state index contributed by atoms with van der Waals surface area (Å²) in [5, 5.41) is 4.27. The van der Waals surface area contributed by atoms with Gasteiger partial charge in [0.25, 0.3) is 0 Å². The molecule has 1 radical (unpaired) electrons. The van der Waals surface area contributed by atoms with Crippen molar-refractivity contribution in [1.29, 1.82) is 0 Å². The second kappa shape index (κ2) is 4.12. The summed E-state index contributed by atoms with van der Waals surface area (Å²) in [6.07, 6.45) is 9.54. The molecule has 0 spiro atoms. The van der Waals surface area contributed by atoms with Crippen LogP contribution in [0.4, 0.5) is 0 Å². The van der Waals surface area contributed by atoms with E-state index in [-0.39, 0.29) is 11.8 Å². The van der Waals surface area contributed by atoms with E-state index >= 15 is 0 Å². The molecule has 0 aromatic heterocycles. The van der Waals surface area contributed by atoms with Gasteiger partial charge in [0.05, 0.1) is 6.04 Å². The molecule has 2 heteroatoms. The van der Waals surface area contributed by atoms with Crippen LogP contribution < -0.4 is 5.32 Å². The normalized spacial score (nSPS) is 25.2. The molecule has 13 heavy (non-hydrogen) atoms. The lowest BCUT2D eigenvalue weighted by Crippen LogP contribution is -2.37. The van der Waals surface area contributed by atoms with E-state index in [9.17, 15) is 4.79 Å². The number of carbonyl (C=O) groups is 1. The van der Waals surface area contributed by atoms with Gasteiger partial charge >= 0.3 is 0 Å². The van der Waals surface area contributed by atoms with Gasteiger partial charge in [-0.05, 0) is 32.1 Å². The van der Waals surface area contributed by atoms with Crippen LogP contribution in [0.3, 0.4) is 0 Å². The van der Waals surface area contributed by atoms with E-state index in [1.807, 2.05) is 0 Å². The molecule has 0 atom stereocenters. The van der Waals surface area contributed by atoms with Gasteiger partial charge in [-0.15, -0.1) is 0 Å². The minimum atomic E-state index is 0.212. The summed E-state index contributed by atoms with van der Waals surface area (Å²) in [7, 11) is 0. The van der Waals surface area contributed by atoms with Crippen molar-refractivity contribution in [3.63, 3.8) is 0 Å². The van der Waals surface area contributed by atoms with Crippen molar-refractivity contribution in [3.8, 4) is 0 Å². The molecule has 0 aromatic carbocycles. The van der Waals surface area contributed by atoms with Crippen LogP contribution in [-0.4, -0.2) is 11.9 Å². The van der Waals surface area contributed by atoms with Crippen LogP contribution in [-0.2, 0) is 4.79 Å². The summed E-state index contributed by atoms with van der Waals surface area (Å²) in [5.41, 5.74) is 0. The SMILES string of the molecule is O=C([N]C1CCC1)C1CCCCC1. The maximum absolute atomic E-state index is 11.6. The Hall–Kier alpha value is -0.530. The molecule has 2 saturated carbocycles. The highest BCUT2D eigenvalue weighted by atomic mass is 16.1. The van der Waals surface area contributed by atoms with Crippen molar-refractivity contribution in [2.75, 3.05) is 0 Å². The third kappa shape index (κ3) is 2.23. The van der Waals surface area contributed by atoms with Crippen LogP contribution in [0.25, 0.3) is 0 Å². The van der Waals surface area contributed by atoms with Crippen molar-refractivity contribution in [3.05, 3.63) is 0 Å². The first-order valence-corrected chi connectivity index (χ1v) is 5.61. The summed E-state index contributed by atoms with van der Waals surface area (Å²) in [5.74, 6) is 0.499. The van der Waals surface area contributed by atoms with Crippen LogP contribution in [0, 0.1) is 5.92 Å². The summed E-state index contributed by atoms with van der Waals surface area (Å²) in [4.78, 5) is 11.6. The Kier molecular flexibility index (Phi) is 2.87. The van der Waals surface area contributed by atoms with Gasteiger partial charge in [0, 0.05) is 5.92 Å². The van der Waals surface area contributed by atoms with E-state index in [0.29, 0.717) is 6.04 Å². The first-order chi connectivity index (χ1) is 6.36. The van der Waals surface area contributed by atoms with Gasteiger partial charge in [-0.25, -0.2) is 5.32 Å². The Balaban J connectivity index is 1.74. The first kappa shape index (κ1) is 9.04. The van der Waals surface area contributed by atoms with E-state index in [1.165, 1.54) is 25.7 Å². The fourth-order valence-corrected chi connectivity index (χ4v) is 2.15. The smallest absolute Gasteiger partial charge is 0.244 e. The zero-order valence-corrected chi connectivity index (χ0v) is 8.17. The zero-order chi connectivity index (χ0) is 9.10. The number of carbonyl (C=O) groups excluding carboxylic acids is 1. The van der Waals surface area contributed by atoms with Crippen molar-refractivity contribution in [1.82, 2.24) is 5.32 Å². The molecule has 2 aliphatic rings. The third-order valence-electron chi connectivity index (χ3n) is 3.34. The second-order valence-electron chi connectivity index (χ2n) is 4.39. The lowest BCUT2D eigenvalue weighted by Gasteiger charge is -2.27. The highest BCUT2D eigenvalue weighted by Crippen LogP contribution is 2.26. The molecule has 2 rings (SSSR count). The number of amides is 1. The number of hydrogen-bond donors (Lipinski definition) is 0. The molecular weight excluding hydrogens is 162 g/mol. The average molecular weight is 180 g/mol. The van der Waals surface area contributed by atoms with Gasteiger partial charge in [-0.1, -0.05) is 19.3 Å². The van der Waals surface area contributed by atoms with Crippen molar-refractivity contribution in [2.45, 2.75) is 57.4 Å². The predicted molar refractivity (Wildman–Crippen MR) is 51.4 cm³/mol. The Labute approximate surface area is 80.1 Å². The second-order valence-corrected chi connectivity index (χ2v) is 4.39. The molecule has 0 aromatic rings. The predicted octanol–water partition coefficient (Wildman–Crippen LogP) is 2.25. The Bertz CT molecular complexity index is 181.